The van der Waals surface area contributed by atoms with Gasteiger partial charge in [0.25, 0.3) is 0 Å². The fourth-order valence-corrected chi connectivity index (χ4v) is 3.29. The number of aromatic nitrogens is 2. The summed E-state index contributed by atoms with van der Waals surface area (Å²) < 4.78 is 2.07. The largest absolute Gasteiger partial charge is 0.396 e. The van der Waals surface area contributed by atoms with Crippen molar-refractivity contribution in [1.82, 2.24) is 14.5 Å². The number of hydrogen-bond donors (Lipinski definition) is 1. The third kappa shape index (κ3) is 3.97. The minimum atomic E-state index is -0.184. The van der Waals surface area contributed by atoms with E-state index in [-0.39, 0.29) is 17.9 Å². The van der Waals surface area contributed by atoms with Gasteiger partial charge in [0.2, 0.25) is 5.91 Å². The Labute approximate surface area is 132 Å². The summed E-state index contributed by atoms with van der Waals surface area (Å²) in [6.07, 6.45) is 9.64. The molecule has 1 aromatic rings. The molecule has 1 unspecified atom stereocenters. The lowest BCUT2D eigenvalue weighted by Crippen LogP contribution is -2.47. The summed E-state index contributed by atoms with van der Waals surface area (Å²) in [5.41, 5.74) is -0.184. The molecule has 1 aliphatic rings. The van der Waals surface area contributed by atoms with Gasteiger partial charge in [-0.05, 0) is 32.6 Å². The monoisotopic (exact) mass is 305 g/mol. The zero-order chi connectivity index (χ0) is 16.0. The van der Waals surface area contributed by atoms with Crippen LogP contribution in [0.4, 0.5) is 0 Å². The first-order chi connectivity index (χ1) is 10.6. The van der Waals surface area contributed by atoms with Crippen LogP contribution in [0.3, 0.4) is 0 Å². The summed E-state index contributed by atoms with van der Waals surface area (Å²) in [5, 5.41) is 9.71. The highest BCUT2D eigenvalue weighted by Gasteiger charge is 2.35. The van der Waals surface area contributed by atoms with E-state index >= 15 is 0 Å². The Morgan fingerprint density at radius 2 is 2.41 bits per heavy atom. The molecule has 1 atom stereocenters. The Hall–Kier alpha value is -1.62. The number of aryl methyl sites for hydroxylation is 2. The second-order valence-electron chi connectivity index (χ2n) is 6.34. The molecule has 1 fully saturated rings. The number of carbonyl (C=O) groups is 1. The van der Waals surface area contributed by atoms with Gasteiger partial charge in [-0.15, -0.1) is 6.58 Å². The molecule has 2 rings (SSSR count). The lowest BCUT2D eigenvalue weighted by molar-refractivity contribution is -0.135. The summed E-state index contributed by atoms with van der Waals surface area (Å²) >= 11 is 0. The minimum Gasteiger partial charge on any atom is -0.396 e. The SMILES string of the molecule is C=CCC1(CO)CCCN(C(=O)CCCn2ccnc2C)C1. The molecule has 0 saturated carbocycles. The van der Waals surface area contributed by atoms with Gasteiger partial charge in [0.15, 0.2) is 0 Å². The third-order valence-corrected chi connectivity index (χ3v) is 4.64. The van der Waals surface area contributed by atoms with Crippen LogP contribution in [0.25, 0.3) is 0 Å². The second-order valence-corrected chi connectivity index (χ2v) is 6.34. The predicted octanol–water partition coefficient (Wildman–Crippen LogP) is 2.15. The number of hydrogen-bond acceptors (Lipinski definition) is 3. The lowest BCUT2D eigenvalue weighted by Gasteiger charge is -2.41. The molecular weight excluding hydrogens is 278 g/mol. The van der Waals surface area contributed by atoms with E-state index in [0.717, 1.165) is 44.6 Å². The molecule has 0 aliphatic carbocycles. The van der Waals surface area contributed by atoms with Crippen molar-refractivity contribution < 1.29 is 9.90 Å². The van der Waals surface area contributed by atoms with Crippen LogP contribution < -0.4 is 0 Å². The first-order valence-corrected chi connectivity index (χ1v) is 8.07. The van der Waals surface area contributed by atoms with Gasteiger partial charge < -0.3 is 14.6 Å². The fraction of sp³-hybridized carbons (Fsp3) is 0.647. The molecule has 0 spiro atoms. The normalized spacial score (nSPS) is 21.8. The van der Waals surface area contributed by atoms with Crippen LogP contribution in [0, 0.1) is 12.3 Å². The molecule has 2 heterocycles. The molecule has 0 bridgehead atoms. The van der Waals surface area contributed by atoms with E-state index in [9.17, 15) is 9.90 Å². The van der Waals surface area contributed by atoms with Gasteiger partial charge in [-0.25, -0.2) is 4.98 Å². The average molecular weight is 305 g/mol. The number of aliphatic hydroxyl groups excluding tert-OH is 1. The molecule has 1 aromatic heterocycles. The molecule has 0 radical (unpaired) electrons. The number of rotatable bonds is 7. The standard InChI is InChI=1S/C17H27N3O2/c1-3-7-17(14-21)8-5-11-20(13-17)16(22)6-4-10-19-12-9-18-15(19)2/h3,9,12,21H,1,4-8,10-11,13-14H2,2H3. The van der Waals surface area contributed by atoms with Crippen LogP contribution in [0.15, 0.2) is 25.0 Å². The van der Waals surface area contributed by atoms with Crippen molar-refractivity contribution >= 4 is 5.91 Å². The third-order valence-electron chi connectivity index (χ3n) is 4.64. The smallest absolute Gasteiger partial charge is 0.222 e. The zero-order valence-electron chi connectivity index (χ0n) is 13.5. The van der Waals surface area contributed by atoms with Gasteiger partial charge in [-0.1, -0.05) is 6.08 Å². The number of amides is 1. The molecule has 122 valence electrons. The molecule has 5 nitrogen and oxygen atoms in total. The van der Waals surface area contributed by atoms with Crippen molar-refractivity contribution in [3.8, 4) is 0 Å². The highest BCUT2D eigenvalue weighted by Crippen LogP contribution is 2.33. The van der Waals surface area contributed by atoms with Gasteiger partial charge in [-0.2, -0.15) is 0 Å². The summed E-state index contributed by atoms with van der Waals surface area (Å²) in [6.45, 7) is 8.15. The van der Waals surface area contributed by atoms with Crippen molar-refractivity contribution in [2.24, 2.45) is 5.41 Å². The molecule has 5 heteroatoms. The molecule has 0 aromatic carbocycles. The second kappa shape index (κ2) is 7.58. The number of aliphatic hydroxyl groups is 1. The van der Waals surface area contributed by atoms with E-state index in [0.29, 0.717) is 13.0 Å². The average Bonchev–Trinajstić information content (AvgIpc) is 2.93. The van der Waals surface area contributed by atoms with Crippen LogP contribution in [-0.2, 0) is 11.3 Å². The van der Waals surface area contributed by atoms with Crippen molar-refractivity contribution in [3.05, 3.63) is 30.9 Å². The number of carbonyl (C=O) groups excluding carboxylic acids is 1. The van der Waals surface area contributed by atoms with Crippen LogP contribution in [0.1, 0.15) is 37.9 Å². The van der Waals surface area contributed by atoms with E-state index < -0.39 is 0 Å². The molecular formula is C17H27N3O2. The highest BCUT2D eigenvalue weighted by atomic mass is 16.3. The van der Waals surface area contributed by atoms with E-state index in [1.165, 1.54) is 0 Å². The molecule has 1 aliphatic heterocycles. The van der Waals surface area contributed by atoms with E-state index in [1.807, 2.05) is 24.1 Å². The molecule has 1 amide bonds. The summed E-state index contributed by atoms with van der Waals surface area (Å²) in [5.74, 6) is 1.18. The van der Waals surface area contributed by atoms with Crippen LogP contribution in [0.5, 0.6) is 0 Å². The van der Waals surface area contributed by atoms with Crippen molar-refractivity contribution in [1.29, 1.82) is 0 Å². The van der Waals surface area contributed by atoms with E-state index in [4.69, 9.17) is 0 Å². The lowest BCUT2D eigenvalue weighted by atomic mass is 9.77. The summed E-state index contributed by atoms with van der Waals surface area (Å²) in [4.78, 5) is 18.5. The predicted molar refractivity (Wildman–Crippen MR) is 86.3 cm³/mol. The summed E-state index contributed by atoms with van der Waals surface area (Å²) in [7, 11) is 0. The van der Waals surface area contributed by atoms with Crippen molar-refractivity contribution in [3.63, 3.8) is 0 Å². The number of imidazole rings is 1. The topological polar surface area (TPSA) is 58.4 Å². The van der Waals surface area contributed by atoms with Gasteiger partial charge in [-0.3, -0.25) is 4.79 Å². The van der Waals surface area contributed by atoms with Crippen LogP contribution in [-0.4, -0.2) is 45.2 Å². The van der Waals surface area contributed by atoms with Gasteiger partial charge >= 0.3 is 0 Å². The number of nitrogens with zero attached hydrogens (tertiary/aromatic N) is 3. The highest BCUT2D eigenvalue weighted by molar-refractivity contribution is 5.76. The van der Waals surface area contributed by atoms with E-state index in [1.54, 1.807) is 6.20 Å². The maximum atomic E-state index is 12.4. The Kier molecular flexibility index (Phi) is 5.77. The van der Waals surface area contributed by atoms with Gasteiger partial charge in [0, 0.05) is 43.9 Å². The fourth-order valence-electron chi connectivity index (χ4n) is 3.29. The molecule has 22 heavy (non-hydrogen) atoms. The first kappa shape index (κ1) is 16.7. The minimum absolute atomic E-state index is 0.122. The number of allylic oxidation sites excluding steroid dienone is 1. The van der Waals surface area contributed by atoms with Gasteiger partial charge in [0.05, 0.1) is 6.61 Å². The van der Waals surface area contributed by atoms with Crippen molar-refractivity contribution in [2.45, 2.75) is 45.6 Å². The quantitative estimate of drug-likeness (QED) is 0.785. The maximum absolute atomic E-state index is 12.4. The van der Waals surface area contributed by atoms with Crippen LogP contribution >= 0.6 is 0 Å². The number of piperidine rings is 1. The molecule has 1 N–H and O–H groups in total. The Morgan fingerprint density at radius 1 is 1.59 bits per heavy atom. The zero-order valence-corrected chi connectivity index (χ0v) is 13.5. The van der Waals surface area contributed by atoms with Gasteiger partial charge in [0.1, 0.15) is 5.82 Å². The molecule has 1 saturated heterocycles. The maximum Gasteiger partial charge on any atom is 0.222 e. The number of likely N-dealkylation sites (tertiary alicyclic amines) is 1. The van der Waals surface area contributed by atoms with E-state index in [2.05, 4.69) is 16.1 Å². The Morgan fingerprint density at radius 3 is 3.05 bits per heavy atom. The first-order valence-electron chi connectivity index (χ1n) is 8.07. The Balaban J connectivity index is 1.84. The Bertz CT molecular complexity index is 512. The summed E-state index contributed by atoms with van der Waals surface area (Å²) in [6, 6.07) is 0. The van der Waals surface area contributed by atoms with Crippen molar-refractivity contribution in [2.75, 3.05) is 19.7 Å². The van der Waals surface area contributed by atoms with Crippen LogP contribution in [0.2, 0.25) is 0 Å².